The van der Waals surface area contributed by atoms with E-state index in [9.17, 15) is 4.79 Å². The topological polar surface area (TPSA) is 87.7 Å². The van der Waals surface area contributed by atoms with Crippen LogP contribution in [0.5, 0.6) is 0 Å². The fraction of sp³-hybridized carbons (Fsp3) is 0.333. The molecular formula is C9H11Br2N3O2S. The Bertz CT molecular complexity index is 447. The van der Waals surface area contributed by atoms with Crippen molar-refractivity contribution in [2.24, 2.45) is 16.8 Å². The van der Waals surface area contributed by atoms with Gasteiger partial charge in [-0.05, 0) is 37.9 Å². The van der Waals surface area contributed by atoms with E-state index in [0.717, 1.165) is 7.57 Å². The van der Waals surface area contributed by atoms with E-state index in [1.165, 1.54) is 11.3 Å². The molecule has 0 saturated carbocycles. The third-order valence-electron chi connectivity index (χ3n) is 2.09. The smallest absolute Gasteiger partial charge is 0.253 e. The van der Waals surface area contributed by atoms with Crippen LogP contribution in [0.4, 0.5) is 0 Å². The van der Waals surface area contributed by atoms with Crippen LogP contribution >= 0.6 is 43.2 Å². The highest BCUT2D eigenvalue weighted by atomic mass is 79.9. The molecule has 0 spiro atoms. The lowest BCUT2D eigenvalue weighted by Gasteiger charge is -2.10. The summed E-state index contributed by atoms with van der Waals surface area (Å²) in [5.74, 6) is -0.322. The Labute approximate surface area is 119 Å². The van der Waals surface area contributed by atoms with E-state index in [-0.39, 0.29) is 17.7 Å². The van der Waals surface area contributed by atoms with Gasteiger partial charge in [-0.25, -0.2) is 0 Å². The standard InChI is InChI=1S/C9H11Br2N3O2S/c1-4(8(12)14-16)3-13-9(15)5-2-6(10)17-7(5)11/h2,4,16H,3H2,1H3,(H2,12,14)(H,13,15). The molecule has 0 saturated heterocycles. The van der Waals surface area contributed by atoms with Gasteiger partial charge in [0.2, 0.25) is 0 Å². The molecular weight excluding hydrogens is 374 g/mol. The van der Waals surface area contributed by atoms with Gasteiger partial charge in [-0.1, -0.05) is 12.1 Å². The first kappa shape index (κ1) is 14.5. The maximum absolute atomic E-state index is 11.8. The molecule has 0 radical (unpaired) electrons. The van der Waals surface area contributed by atoms with Crippen LogP contribution in [-0.2, 0) is 0 Å². The number of oxime groups is 1. The van der Waals surface area contributed by atoms with Gasteiger partial charge in [0.15, 0.2) is 0 Å². The quantitative estimate of drug-likeness (QED) is 0.322. The van der Waals surface area contributed by atoms with Gasteiger partial charge in [0.1, 0.15) is 5.84 Å². The fourth-order valence-electron chi connectivity index (χ4n) is 1.04. The van der Waals surface area contributed by atoms with Crippen molar-refractivity contribution in [3.05, 3.63) is 19.2 Å². The minimum absolute atomic E-state index is 0.0934. The van der Waals surface area contributed by atoms with E-state index >= 15 is 0 Å². The Morgan fingerprint density at radius 1 is 1.71 bits per heavy atom. The summed E-state index contributed by atoms with van der Waals surface area (Å²) in [7, 11) is 0. The van der Waals surface area contributed by atoms with Crippen molar-refractivity contribution < 1.29 is 10.0 Å². The van der Waals surface area contributed by atoms with Crippen molar-refractivity contribution in [2.45, 2.75) is 6.92 Å². The van der Waals surface area contributed by atoms with Crippen LogP contribution < -0.4 is 11.1 Å². The Morgan fingerprint density at radius 2 is 2.35 bits per heavy atom. The van der Waals surface area contributed by atoms with E-state index in [2.05, 4.69) is 42.3 Å². The van der Waals surface area contributed by atoms with Gasteiger partial charge in [0.05, 0.1) is 13.1 Å². The number of nitrogens with two attached hydrogens (primary N) is 1. The number of thiophene rings is 1. The molecule has 8 heteroatoms. The molecule has 1 atom stereocenters. The number of halogens is 2. The third-order valence-corrected chi connectivity index (χ3v) is 4.43. The molecule has 1 aromatic heterocycles. The van der Waals surface area contributed by atoms with Crippen LogP contribution in [0.15, 0.2) is 18.8 Å². The van der Waals surface area contributed by atoms with Gasteiger partial charge in [-0.15, -0.1) is 11.3 Å². The molecule has 17 heavy (non-hydrogen) atoms. The summed E-state index contributed by atoms with van der Waals surface area (Å²) in [6.45, 7) is 2.07. The average molecular weight is 385 g/mol. The highest BCUT2D eigenvalue weighted by Crippen LogP contribution is 2.31. The van der Waals surface area contributed by atoms with Crippen molar-refractivity contribution in [3.8, 4) is 0 Å². The SMILES string of the molecule is CC(CNC(=O)c1cc(Br)sc1Br)/C(N)=N/O. The van der Waals surface area contributed by atoms with E-state index < -0.39 is 0 Å². The van der Waals surface area contributed by atoms with Gasteiger partial charge in [-0.3, -0.25) is 4.79 Å². The predicted molar refractivity (Wildman–Crippen MR) is 74.6 cm³/mol. The first-order valence-corrected chi connectivity index (χ1v) is 7.06. The van der Waals surface area contributed by atoms with Crippen LogP contribution in [0.2, 0.25) is 0 Å². The monoisotopic (exact) mass is 383 g/mol. The molecule has 94 valence electrons. The summed E-state index contributed by atoms with van der Waals surface area (Å²) < 4.78 is 1.64. The number of nitrogens with one attached hydrogen (secondary N) is 1. The van der Waals surface area contributed by atoms with Crippen LogP contribution in [0.3, 0.4) is 0 Å². The van der Waals surface area contributed by atoms with E-state index in [1.807, 2.05) is 0 Å². The molecule has 0 aliphatic heterocycles. The molecule has 1 aromatic rings. The predicted octanol–water partition coefficient (Wildman–Crippen LogP) is 2.39. The summed E-state index contributed by atoms with van der Waals surface area (Å²) in [5, 5.41) is 14.1. The summed E-state index contributed by atoms with van der Waals surface area (Å²) in [6.07, 6.45) is 0. The molecule has 1 amide bonds. The number of hydrogen-bond donors (Lipinski definition) is 3. The van der Waals surface area contributed by atoms with Crippen molar-refractivity contribution in [2.75, 3.05) is 6.54 Å². The zero-order chi connectivity index (χ0) is 13.0. The summed E-state index contributed by atoms with van der Waals surface area (Å²) in [6, 6.07) is 1.73. The number of amidine groups is 1. The van der Waals surface area contributed by atoms with Gasteiger partial charge in [-0.2, -0.15) is 0 Å². The fourth-order valence-corrected chi connectivity index (χ4v) is 3.83. The summed E-state index contributed by atoms with van der Waals surface area (Å²) in [5.41, 5.74) is 5.97. The second-order valence-corrected chi connectivity index (χ2v) is 7.12. The Morgan fingerprint density at radius 3 is 2.82 bits per heavy atom. The third kappa shape index (κ3) is 3.97. The Kier molecular flexibility index (Phi) is 5.41. The van der Waals surface area contributed by atoms with E-state index in [0.29, 0.717) is 12.1 Å². The average Bonchev–Trinajstić information content (AvgIpc) is 2.63. The maximum Gasteiger partial charge on any atom is 0.253 e. The van der Waals surface area contributed by atoms with Crippen LogP contribution in [0.1, 0.15) is 17.3 Å². The molecule has 0 aromatic carbocycles. The van der Waals surface area contributed by atoms with Crippen LogP contribution in [-0.4, -0.2) is 23.5 Å². The molecule has 1 heterocycles. The second kappa shape index (κ2) is 6.36. The second-order valence-electron chi connectivity index (χ2n) is 3.37. The van der Waals surface area contributed by atoms with Crippen molar-refractivity contribution in [1.29, 1.82) is 0 Å². The number of hydrogen-bond acceptors (Lipinski definition) is 4. The number of nitrogens with zero attached hydrogens (tertiary/aromatic N) is 1. The lowest BCUT2D eigenvalue weighted by molar-refractivity contribution is 0.0951. The largest absolute Gasteiger partial charge is 0.409 e. The number of rotatable bonds is 4. The normalized spacial score (nSPS) is 13.5. The summed E-state index contributed by atoms with van der Waals surface area (Å²) >= 11 is 8.04. The lowest BCUT2D eigenvalue weighted by atomic mass is 10.1. The maximum atomic E-state index is 11.8. The Hall–Kier alpha value is -0.600. The number of carbonyl (C=O) groups is 1. The first-order valence-electron chi connectivity index (χ1n) is 4.66. The van der Waals surface area contributed by atoms with Gasteiger partial charge in [0.25, 0.3) is 5.91 Å². The van der Waals surface area contributed by atoms with Crippen molar-refractivity contribution in [1.82, 2.24) is 5.32 Å². The van der Waals surface area contributed by atoms with Crippen molar-refractivity contribution >= 4 is 54.9 Å². The Balaban J connectivity index is 2.59. The highest BCUT2D eigenvalue weighted by molar-refractivity contribution is 9.12. The number of carbonyl (C=O) groups excluding carboxylic acids is 1. The lowest BCUT2D eigenvalue weighted by Crippen LogP contribution is -2.34. The molecule has 5 nitrogen and oxygen atoms in total. The minimum atomic E-state index is -0.218. The minimum Gasteiger partial charge on any atom is -0.409 e. The highest BCUT2D eigenvalue weighted by Gasteiger charge is 2.15. The van der Waals surface area contributed by atoms with Crippen LogP contribution in [0.25, 0.3) is 0 Å². The van der Waals surface area contributed by atoms with E-state index in [4.69, 9.17) is 10.9 Å². The van der Waals surface area contributed by atoms with Gasteiger partial charge >= 0.3 is 0 Å². The molecule has 0 aliphatic carbocycles. The number of amides is 1. The molecule has 1 unspecified atom stereocenters. The molecule has 4 N–H and O–H groups in total. The van der Waals surface area contributed by atoms with Gasteiger partial charge < -0.3 is 16.3 Å². The van der Waals surface area contributed by atoms with Crippen LogP contribution in [0, 0.1) is 5.92 Å². The zero-order valence-corrected chi connectivity index (χ0v) is 12.9. The molecule has 0 aliphatic rings. The molecule has 0 fully saturated rings. The van der Waals surface area contributed by atoms with Crippen molar-refractivity contribution in [3.63, 3.8) is 0 Å². The van der Waals surface area contributed by atoms with Gasteiger partial charge in [0, 0.05) is 12.5 Å². The summed E-state index contributed by atoms with van der Waals surface area (Å²) in [4.78, 5) is 11.8. The molecule has 0 bridgehead atoms. The van der Waals surface area contributed by atoms with E-state index in [1.54, 1.807) is 13.0 Å². The molecule has 1 rings (SSSR count). The first-order chi connectivity index (χ1) is 7.95. The zero-order valence-electron chi connectivity index (χ0n) is 8.91.